The first-order valence-corrected chi connectivity index (χ1v) is 4.58. The van der Waals surface area contributed by atoms with Gasteiger partial charge in [0.2, 0.25) is 0 Å². The number of ether oxygens (including phenoxy) is 1. The molecule has 0 bridgehead atoms. The molecule has 1 unspecified atom stereocenters. The quantitative estimate of drug-likeness (QED) is 0.420. The Balaban J connectivity index is 2.51. The molecule has 1 radical (unpaired) electrons. The van der Waals surface area contributed by atoms with Gasteiger partial charge in [-0.05, 0) is 33.3 Å². The first kappa shape index (κ1) is 9.19. The zero-order valence-electron chi connectivity index (χ0n) is 8.68. The summed E-state index contributed by atoms with van der Waals surface area (Å²) in [5.74, 6) is 0. The van der Waals surface area contributed by atoms with Crippen molar-refractivity contribution in [1.29, 1.82) is 0 Å². The highest BCUT2D eigenvalue weighted by atomic mass is 16.6. The number of hydroxylamine groups is 2. The van der Waals surface area contributed by atoms with Gasteiger partial charge in [-0.15, -0.1) is 10.3 Å². The molecule has 0 aromatic rings. The molecule has 0 aromatic carbocycles. The molecule has 1 atom stereocenters. The Morgan fingerprint density at radius 3 is 2.00 bits per heavy atom. The Hall–Kier alpha value is -0.380. The maximum Gasteiger partial charge on any atom is 0.134 e. The summed E-state index contributed by atoms with van der Waals surface area (Å²) in [4.78, 5) is 0. The lowest BCUT2D eigenvalue weighted by Gasteiger charge is -2.31. The van der Waals surface area contributed by atoms with E-state index in [0.717, 1.165) is 10.6 Å². The molecule has 2 fully saturated rings. The van der Waals surface area contributed by atoms with Crippen LogP contribution in [0, 0.1) is 0 Å². The lowest BCUT2D eigenvalue weighted by molar-refractivity contribution is -0.246. The van der Waals surface area contributed by atoms with E-state index in [4.69, 9.17) is 4.74 Å². The smallest absolute Gasteiger partial charge is 0.134 e. The molecule has 3 heteroatoms. The zero-order valence-corrected chi connectivity index (χ0v) is 8.68. The fraction of sp³-hybridized carbons (Fsp3) is 0.800. The summed E-state index contributed by atoms with van der Waals surface area (Å²) in [6, 6.07) is 0. The van der Waals surface area contributed by atoms with E-state index in [1.54, 1.807) is 0 Å². The zero-order chi connectivity index (χ0) is 10.1. The van der Waals surface area contributed by atoms with Gasteiger partial charge in [-0.1, -0.05) is 6.58 Å². The van der Waals surface area contributed by atoms with Crippen molar-refractivity contribution in [1.82, 2.24) is 5.06 Å². The summed E-state index contributed by atoms with van der Waals surface area (Å²) >= 11 is 0. The summed E-state index contributed by atoms with van der Waals surface area (Å²) in [6.07, 6.45) is 0. The second-order valence-electron chi connectivity index (χ2n) is 5.01. The average molecular weight is 182 g/mol. The third-order valence-electron chi connectivity index (χ3n) is 3.66. The molecule has 73 valence electrons. The molecular weight excluding hydrogens is 166 g/mol. The molecule has 13 heavy (non-hydrogen) atoms. The van der Waals surface area contributed by atoms with E-state index in [9.17, 15) is 5.21 Å². The molecule has 3 nitrogen and oxygen atoms in total. The molecule has 0 N–H and O–H groups in total. The SMILES string of the molecule is C=C1C(C)(C)N([O])C(C)(C)C12CO2. The lowest BCUT2D eigenvalue weighted by Crippen LogP contribution is -2.48. The van der Waals surface area contributed by atoms with Crippen molar-refractivity contribution in [2.24, 2.45) is 0 Å². The van der Waals surface area contributed by atoms with Crippen LogP contribution < -0.4 is 0 Å². The van der Waals surface area contributed by atoms with Crippen LogP contribution in [0.2, 0.25) is 0 Å². The molecule has 0 amide bonds. The Labute approximate surface area is 78.9 Å². The second kappa shape index (κ2) is 2.00. The van der Waals surface area contributed by atoms with Crippen LogP contribution in [0.4, 0.5) is 0 Å². The number of rotatable bonds is 0. The van der Waals surface area contributed by atoms with Crippen LogP contribution >= 0.6 is 0 Å². The van der Waals surface area contributed by atoms with Gasteiger partial charge in [-0.25, -0.2) is 0 Å². The predicted molar refractivity (Wildman–Crippen MR) is 48.5 cm³/mol. The predicted octanol–water partition coefficient (Wildman–Crippen LogP) is 1.53. The van der Waals surface area contributed by atoms with E-state index in [-0.39, 0.29) is 5.60 Å². The summed E-state index contributed by atoms with van der Waals surface area (Å²) in [5.41, 5.74) is -0.439. The van der Waals surface area contributed by atoms with Crippen LogP contribution in [0.25, 0.3) is 0 Å². The highest BCUT2D eigenvalue weighted by Gasteiger charge is 2.72. The van der Waals surface area contributed by atoms with Crippen molar-refractivity contribution in [2.75, 3.05) is 6.61 Å². The largest absolute Gasteiger partial charge is 0.363 e. The first-order valence-electron chi connectivity index (χ1n) is 4.58. The fourth-order valence-corrected chi connectivity index (χ4v) is 2.45. The van der Waals surface area contributed by atoms with Crippen LogP contribution in [0.3, 0.4) is 0 Å². The number of epoxide rings is 1. The van der Waals surface area contributed by atoms with Crippen LogP contribution in [-0.2, 0) is 9.94 Å². The maximum atomic E-state index is 12.0. The minimum absolute atomic E-state index is 0.377. The summed E-state index contributed by atoms with van der Waals surface area (Å²) in [5, 5.41) is 13.1. The van der Waals surface area contributed by atoms with E-state index in [2.05, 4.69) is 6.58 Å². The third kappa shape index (κ3) is 0.760. The minimum Gasteiger partial charge on any atom is -0.363 e. The van der Waals surface area contributed by atoms with E-state index >= 15 is 0 Å². The van der Waals surface area contributed by atoms with Gasteiger partial charge in [-0.2, -0.15) is 0 Å². The Bertz CT molecular complexity index is 277. The van der Waals surface area contributed by atoms with Crippen molar-refractivity contribution in [3.05, 3.63) is 12.2 Å². The van der Waals surface area contributed by atoms with Crippen LogP contribution in [0.15, 0.2) is 12.2 Å². The van der Waals surface area contributed by atoms with Gasteiger partial charge in [0, 0.05) is 0 Å². The van der Waals surface area contributed by atoms with Crippen LogP contribution in [-0.4, -0.2) is 28.3 Å². The van der Waals surface area contributed by atoms with Crippen LogP contribution in [0.1, 0.15) is 27.7 Å². The van der Waals surface area contributed by atoms with Gasteiger partial charge in [0.25, 0.3) is 0 Å². The maximum absolute atomic E-state index is 12.0. The van der Waals surface area contributed by atoms with E-state index < -0.39 is 11.1 Å². The number of hydrogen-bond acceptors (Lipinski definition) is 2. The van der Waals surface area contributed by atoms with Gasteiger partial charge < -0.3 is 4.74 Å². The van der Waals surface area contributed by atoms with Crippen molar-refractivity contribution in [3.8, 4) is 0 Å². The summed E-state index contributed by atoms with van der Waals surface area (Å²) in [7, 11) is 0. The standard InChI is InChI=1S/C10H16NO2/c1-7-8(2,3)11(12)9(4,5)10(7)6-13-10/h1,6H2,2-5H3. The molecule has 2 aliphatic heterocycles. The molecule has 2 heterocycles. The van der Waals surface area contributed by atoms with E-state index in [0.29, 0.717) is 6.61 Å². The second-order valence-corrected chi connectivity index (χ2v) is 5.01. The van der Waals surface area contributed by atoms with Crippen molar-refractivity contribution in [2.45, 2.75) is 44.4 Å². The summed E-state index contributed by atoms with van der Waals surface area (Å²) in [6.45, 7) is 12.3. The van der Waals surface area contributed by atoms with Crippen LogP contribution in [0.5, 0.6) is 0 Å². The molecule has 0 aliphatic carbocycles. The van der Waals surface area contributed by atoms with E-state index in [1.165, 1.54) is 0 Å². The summed E-state index contributed by atoms with van der Waals surface area (Å²) < 4.78 is 5.45. The number of hydrogen-bond donors (Lipinski definition) is 0. The molecule has 0 aromatic heterocycles. The Kier molecular flexibility index (Phi) is 1.41. The normalized spacial score (nSPS) is 41.5. The van der Waals surface area contributed by atoms with Gasteiger partial charge in [0.1, 0.15) is 5.60 Å². The molecule has 0 saturated carbocycles. The lowest BCUT2D eigenvalue weighted by atomic mass is 9.83. The Morgan fingerprint density at radius 2 is 1.85 bits per heavy atom. The Morgan fingerprint density at radius 1 is 1.38 bits per heavy atom. The molecular formula is C10H16NO2. The molecule has 1 spiro atoms. The average Bonchev–Trinajstić information content (AvgIpc) is 2.79. The van der Waals surface area contributed by atoms with Crippen molar-refractivity contribution < 1.29 is 9.94 Å². The minimum atomic E-state index is -0.500. The molecule has 2 aliphatic rings. The van der Waals surface area contributed by atoms with Gasteiger partial charge in [0.05, 0.1) is 17.7 Å². The fourth-order valence-electron chi connectivity index (χ4n) is 2.45. The highest BCUT2D eigenvalue weighted by molar-refractivity contribution is 5.41. The van der Waals surface area contributed by atoms with E-state index in [1.807, 2.05) is 27.7 Å². The molecule has 2 rings (SSSR count). The van der Waals surface area contributed by atoms with Gasteiger partial charge >= 0.3 is 0 Å². The first-order chi connectivity index (χ1) is 5.77. The third-order valence-corrected chi connectivity index (χ3v) is 3.66. The highest BCUT2D eigenvalue weighted by Crippen LogP contribution is 2.58. The van der Waals surface area contributed by atoms with Gasteiger partial charge in [-0.3, -0.25) is 0 Å². The topological polar surface area (TPSA) is 35.7 Å². The van der Waals surface area contributed by atoms with Crippen molar-refractivity contribution in [3.63, 3.8) is 0 Å². The molecule has 2 saturated heterocycles. The monoisotopic (exact) mass is 182 g/mol. The van der Waals surface area contributed by atoms with Crippen molar-refractivity contribution >= 4 is 0 Å². The van der Waals surface area contributed by atoms with Gasteiger partial charge in [0.15, 0.2) is 0 Å². The number of nitrogens with zero attached hydrogens (tertiary/aromatic N) is 1.